The van der Waals surface area contributed by atoms with E-state index in [1.165, 1.54) is 26.0 Å². The van der Waals surface area contributed by atoms with Crippen LogP contribution in [0.5, 0.6) is 0 Å². The van der Waals surface area contributed by atoms with Crippen molar-refractivity contribution >= 4 is 23.7 Å². The first-order valence-corrected chi connectivity index (χ1v) is 6.90. The SMILES string of the molecule is CCSc1cc(C(C#N)C(=O)OC)ccc1C(=O)OC. The van der Waals surface area contributed by atoms with Crippen molar-refractivity contribution in [3.05, 3.63) is 29.3 Å². The summed E-state index contributed by atoms with van der Waals surface area (Å²) in [6, 6.07) is 6.69. The lowest BCUT2D eigenvalue weighted by atomic mass is 9.99. The molecule has 0 spiro atoms. The lowest BCUT2D eigenvalue weighted by Crippen LogP contribution is -2.13. The van der Waals surface area contributed by atoms with Gasteiger partial charge in [0.2, 0.25) is 0 Å². The molecule has 0 bridgehead atoms. The van der Waals surface area contributed by atoms with Crippen molar-refractivity contribution in [1.82, 2.24) is 0 Å². The number of nitriles is 1. The van der Waals surface area contributed by atoms with Gasteiger partial charge in [-0.2, -0.15) is 5.26 Å². The van der Waals surface area contributed by atoms with Crippen LogP contribution in [0.3, 0.4) is 0 Å². The minimum absolute atomic E-state index is 0.421. The third-order valence-electron chi connectivity index (χ3n) is 2.61. The van der Waals surface area contributed by atoms with Crippen LogP contribution in [-0.4, -0.2) is 31.9 Å². The lowest BCUT2D eigenvalue weighted by Gasteiger charge is -2.11. The quantitative estimate of drug-likeness (QED) is 0.612. The fourth-order valence-corrected chi connectivity index (χ4v) is 2.49. The van der Waals surface area contributed by atoms with E-state index in [1.807, 2.05) is 13.0 Å². The van der Waals surface area contributed by atoms with Gasteiger partial charge in [-0.1, -0.05) is 13.0 Å². The average molecular weight is 293 g/mol. The topological polar surface area (TPSA) is 76.4 Å². The molecule has 1 aromatic rings. The van der Waals surface area contributed by atoms with Gasteiger partial charge in [-0.05, 0) is 23.4 Å². The molecule has 106 valence electrons. The molecule has 1 unspecified atom stereocenters. The summed E-state index contributed by atoms with van der Waals surface area (Å²) in [4.78, 5) is 23.9. The Morgan fingerprint density at radius 3 is 2.55 bits per heavy atom. The molecule has 0 heterocycles. The second kappa shape index (κ2) is 7.56. The summed E-state index contributed by atoms with van der Waals surface area (Å²) >= 11 is 1.44. The Hall–Kier alpha value is -2.00. The summed E-state index contributed by atoms with van der Waals surface area (Å²) in [5.74, 6) is -1.31. The highest BCUT2D eigenvalue weighted by molar-refractivity contribution is 7.99. The van der Waals surface area contributed by atoms with Crippen LogP contribution >= 0.6 is 11.8 Å². The Morgan fingerprint density at radius 2 is 2.05 bits per heavy atom. The van der Waals surface area contributed by atoms with Crippen molar-refractivity contribution < 1.29 is 19.1 Å². The molecule has 1 atom stereocenters. The highest BCUT2D eigenvalue weighted by atomic mass is 32.2. The number of rotatable bonds is 5. The maximum Gasteiger partial charge on any atom is 0.338 e. The number of ether oxygens (including phenoxy) is 2. The Kier molecular flexibility index (Phi) is 6.07. The Morgan fingerprint density at radius 1 is 1.35 bits per heavy atom. The smallest absolute Gasteiger partial charge is 0.338 e. The Labute approximate surface area is 121 Å². The first-order valence-electron chi connectivity index (χ1n) is 5.91. The zero-order valence-corrected chi connectivity index (χ0v) is 12.3. The van der Waals surface area contributed by atoms with Crippen molar-refractivity contribution in [3.63, 3.8) is 0 Å². The van der Waals surface area contributed by atoms with Gasteiger partial charge in [0.05, 0.1) is 25.9 Å². The van der Waals surface area contributed by atoms with Crippen LogP contribution in [0.1, 0.15) is 28.8 Å². The van der Waals surface area contributed by atoms with Gasteiger partial charge in [-0.3, -0.25) is 4.79 Å². The molecule has 1 aromatic carbocycles. The third-order valence-corrected chi connectivity index (χ3v) is 3.55. The second-order valence-corrected chi connectivity index (χ2v) is 5.07. The number of methoxy groups -OCH3 is 2. The monoisotopic (exact) mass is 293 g/mol. The van der Waals surface area contributed by atoms with Gasteiger partial charge in [-0.25, -0.2) is 4.79 Å². The molecule has 0 aliphatic heterocycles. The van der Waals surface area contributed by atoms with Crippen LogP contribution in [0, 0.1) is 11.3 Å². The molecular weight excluding hydrogens is 278 g/mol. The van der Waals surface area contributed by atoms with Crippen LogP contribution < -0.4 is 0 Å². The fraction of sp³-hybridized carbons (Fsp3) is 0.357. The van der Waals surface area contributed by atoms with Crippen molar-refractivity contribution in [2.75, 3.05) is 20.0 Å². The number of thioether (sulfide) groups is 1. The first kappa shape index (κ1) is 16.1. The van der Waals surface area contributed by atoms with Crippen LogP contribution in [0.4, 0.5) is 0 Å². The number of benzene rings is 1. The van der Waals surface area contributed by atoms with Gasteiger partial charge in [0.15, 0.2) is 5.92 Å². The molecule has 0 radical (unpaired) electrons. The molecule has 0 saturated heterocycles. The van der Waals surface area contributed by atoms with E-state index in [4.69, 9.17) is 10.00 Å². The zero-order chi connectivity index (χ0) is 15.1. The van der Waals surface area contributed by atoms with Crippen LogP contribution in [-0.2, 0) is 14.3 Å². The number of carbonyl (C=O) groups is 2. The van der Waals surface area contributed by atoms with Gasteiger partial charge in [0.1, 0.15) is 0 Å². The highest BCUT2D eigenvalue weighted by Gasteiger charge is 2.23. The second-order valence-electron chi connectivity index (χ2n) is 3.77. The van der Waals surface area contributed by atoms with Gasteiger partial charge in [0, 0.05) is 4.90 Å². The van der Waals surface area contributed by atoms with E-state index < -0.39 is 17.9 Å². The predicted molar refractivity (Wildman–Crippen MR) is 74.5 cm³/mol. The van der Waals surface area contributed by atoms with E-state index in [1.54, 1.807) is 18.2 Å². The van der Waals surface area contributed by atoms with E-state index >= 15 is 0 Å². The van der Waals surface area contributed by atoms with E-state index in [2.05, 4.69) is 4.74 Å². The van der Waals surface area contributed by atoms with Crippen molar-refractivity contribution in [2.24, 2.45) is 0 Å². The van der Waals surface area contributed by atoms with Gasteiger partial charge < -0.3 is 9.47 Å². The summed E-state index contributed by atoms with van der Waals surface area (Å²) < 4.78 is 9.31. The number of carbonyl (C=O) groups excluding carboxylic acids is 2. The molecule has 0 aliphatic rings. The molecule has 1 rings (SSSR count). The molecule has 0 saturated carbocycles. The summed E-state index contributed by atoms with van der Waals surface area (Å²) in [6.45, 7) is 1.94. The molecule has 0 aromatic heterocycles. The number of nitrogens with zero attached hydrogens (tertiary/aromatic N) is 1. The van der Waals surface area contributed by atoms with Crippen molar-refractivity contribution in [2.45, 2.75) is 17.7 Å². The first-order chi connectivity index (χ1) is 9.58. The van der Waals surface area contributed by atoms with Gasteiger partial charge >= 0.3 is 11.9 Å². The molecule has 6 heteroatoms. The van der Waals surface area contributed by atoms with Crippen LogP contribution in [0.25, 0.3) is 0 Å². The van der Waals surface area contributed by atoms with Crippen molar-refractivity contribution in [3.8, 4) is 6.07 Å². The standard InChI is InChI=1S/C14H15NO4S/c1-4-20-12-7-9(11(8-15)14(17)19-3)5-6-10(12)13(16)18-2/h5-7,11H,4H2,1-3H3. The highest BCUT2D eigenvalue weighted by Crippen LogP contribution is 2.28. The minimum atomic E-state index is -0.997. The normalized spacial score (nSPS) is 11.3. The summed E-state index contributed by atoms with van der Waals surface area (Å²) in [6.07, 6.45) is 0. The maximum absolute atomic E-state index is 11.7. The van der Waals surface area contributed by atoms with E-state index in [-0.39, 0.29) is 0 Å². The number of hydrogen-bond acceptors (Lipinski definition) is 6. The summed E-state index contributed by atoms with van der Waals surface area (Å²) in [5.41, 5.74) is 0.924. The number of hydrogen-bond donors (Lipinski definition) is 0. The average Bonchev–Trinajstić information content (AvgIpc) is 2.47. The predicted octanol–water partition coefficient (Wildman–Crippen LogP) is 2.37. The molecule has 0 N–H and O–H groups in total. The molecule has 0 fully saturated rings. The largest absolute Gasteiger partial charge is 0.468 e. The zero-order valence-electron chi connectivity index (χ0n) is 11.5. The van der Waals surface area contributed by atoms with Crippen LogP contribution in [0.15, 0.2) is 23.1 Å². The Bertz CT molecular complexity index is 551. The Balaban J connectivity index is 3.25. The molecule has 0 aliphatic carbocycles. The molecule has 0 amide bonds. The molecular formula is C14H15NO4S. The molecule has 20 heavy (non-hydrogen) atoms. The fourth-order valence-electron chi connectivity index (χ4n) is 1.65. The maximum atomic E-state index is 11.7. The summed E-state index contributed by atoms with van der Waals surface area (Å²) in [5, 5.41) is 9.08. The van der Waals surface area contributed by atoms with E-state index in [9.17, 15) is 9.59 Å². The summed E-state index contributed by atoms with van der Waals surface area (Å²) in [7, 11) is 2.54. The van der Waals surface area contributed by atoms with E-state index in [0.29, 0.717) is 16.0 Å². The number of esters is 2. The van der Waals surface area contributed by atoms with Gasteiger partial charge in [0.25, 0.3) is 0 Å². The minimum Gasteiger partial charge on any atom is -0.468 e. The van der Waals surface area contributed by atoms with E-state index in [0.717, 1.165) is 5.75 Å². The van der Waals surface area contributed by atoms with Crippen LogP contribution in [0.2, 0.25) is 0 Å². The molecule has 5 nitrogen and oxygen atoms in total. The van der Waals surface area contributed by atoms with Gasteiger partial charge in [-0.15, -0.1) is 11.8 Å². The third kappa shape index (κ3) is 3.52. The lowest BCUT2D eigenvalue weighted by molar-refractivity contribution is -0.141. The van der Waals surface area contributed by atoms with Crippen molar-refractivity contribution in [1.29, 1.82) is 5.26 Å².